The third-order valence-electron chi connectivity index (χ3n) is 3.13. The third-order valence-corrected chi connectivity index (χ3v) is 3.13. The maximum Gasteiger partial charge on any atom is 0.127 e. The number of halogens is 2. The molecule has 0 heterocycles. The summed E-state index contributed by atoms with van der Waals surface area (Å²) in [6.07, 6.45) is 0. The lowest BCUT2D eigenvalue weighted by Gasteiger charge is -2.11. The molecule has 0 fully saturated rings. The third kappa shape index (κ3) is 3.92. The Balaban J connectivity index is 2.04. The number of nitrogens with one attached hydrogen (secondary N) is 1. The smallest absolute Gasteiger partial charge is 0.127 e. The molecule has 0 aromatic heterocycles. The van der Waals surface area contributed by atoms with Crippen molar-refractivity contribution < 1.29 is 18.3 Å². The highest BCUT2D eigenvalue weighted by atomic mass is 19.1. The van der Waals surface area contributed by atoms with Gasteiger partial charge in [-0.3, -0.25) is 0 Å². The molecule has 0 radical (unpaired) electrons. The Morgan fingerprint density at radius 2 is 1.67 bits per heavy atom. The minimum Gasteiger partial charge on any atom is -0.497 e. The van der Waals surface area contributed by atoms with E-state index in [1.54, 1.807) is 26.4 Å². The van der Waals surface area contributed by atoms with Crippen LogP contribution in [-0.2, 0) is 13.1 Å². The van der Waals surface area contributed by atoms with Crippen molar-refractivity contribution in [2.75, 3.05) is 14.2 Å². The molecule has 112 valence electrons. The fourth-order valence-electron chi connectivity index (χ4n) is 2.03. The van der Waals surface area contributed by atoms with Crippen LogP contribution in [0.2, 0.25) is 0 Å². The van der Waals surface area contributed by atoms with Gasteiger partial charge in [-0.05, 0) is 36.4 Å². The van der Waals surface area contributed by atoms with Gasteiger partial charge in [0.25, 0.3) is 0 Å². The van der Waals surface area contributed by atoms with Crippen LogP contribution < -0.4 is 14.8 Å². The van der Waals surface area contributed by atoms with Gasteiger partial charge in [0.1, 0.15) is 23.1 Å². The molecule has 0 bridgehead atoms. The Morgan fingerprint density at radius 3 is 2.38 bits per heavy atom. The van der Waals surface area contributed by atoms with Crippen LogP contribution >= 0.6 is 0 Å². The molecule has 5 heteroatoms. The van der Waals surface area contributed by atoms with Gasteiger partial charge in [0.15, 0.2) is 0 Å². The van der Waals surface area contributed by atoms with Crippen LogP contribution in [0.1, 0.15) is 11.1 Å². The van der Waals surface area contributed by atoms with Gasteiger partial charge < -0.3 is 14.8 Å². The largest absolute Gasteiger partial charge is 0.497 e. The maximum absolute atomic E-state index is 13.5. The average Bonchev–Trinajstić information content (AvgIpc) is 2.50. The van der Waals surface area contributed by atoms with Crippen molar-refractivity contribution in [2.45, 2.75) is 13.1 Å². The first-order valence-electron chi connectivity index (χ1n) is 6.49. The summed E-state index contributed by atoms with van der Waals surface area (Å²) in [6.45, 7) is 0.681. The van der Waals surface area contributed by atoms with Crippen molar-refractivity contribution in [1.29, 1.82) is 0 Å². The van der Waals surface area contributed by atoms with Crippen molar-refractivity contribution in [3.8, 4) is 11.5 Å². The molecule has 2 aromatic rings. The second kappa shape index (κ2) is 7.04. The molecule has 3 nitrogen and oxygen atoms in total. The SMILES string of the molecule is COc1ccc(OC)c(CNCc2cc(F)ccc2F)c1. The maximum atomic E-state index is 13.5. The second-order valence-corrected chi connectivity index (χ2v) is 4.52. The van der Waals surface area contributed by atoms with Gasteiger partial charge in [-0.25, -0.2) is 8.78 Å². The summed E-state index contributed by atoms with van der Waals surface area (Å²) in [5, 5.41) is 3.07. The van der Waals surface area contributed by atoms with Crippen molar-refractivity contribution in [3.63, 3.8) is 0 Å². The standard InChI is InChI=1S/C16H17F2NO2/c1-20-14-4-6-16(21-2)12(8-14)10-19-9-11-7-13(17)3-5-15(11)18/h3-8,19H,9-10H2,1-2H3. The summed E-state index contributed by atoms with van der Waals surface area (Å²) in [5.74, 6) is 0.543. The minimum absolute atomic E-state index is 0.226. The molecule has 0 amide bonds. The van der Waals surface area contributed by atoms with E-state index in [2.05, 4.69) is 5.32 Å². The average molecular weight is 293 g/mol. The van der Waals surface area contributed by atoms with Crippen molar-refractivity contribution in [3.05, 3.63) is 59.2 Å². The molecule has 1 N–H and O–H groups in total. The zero-order chi connectivity index (χ0) is 15.2. The zero-order valence-corrected chi connectivity index (χ0v) is 12.0. The lowest BCUT2D eigenvalue weighted by molar-refractivity contribution is 0.397. The van der Waals surface area contributed by atoms with E-state index >= 15 is 0 Å². The van der Waals surface area contributed by atoms with Gasteiger partial charge in [0.2, 0.25) is 0 Å². The van der Waals surface area contributed by atoms with Crippen molar-refractivity contribution >= 4 is 0 Å². The van der Waals surface area contributed by atoms with Gasteiger partial charge in [-0.15, -0.1) is 0 Å². The normalized spacial score (nSPS) is 10.5. The molecular weight excluding hydrogens is 276 g/mol. The Morgan fingerprint density at radius 1 is 0.905 bits per heavy atom. The lowest BCUT2D eigenvalue weighted by Crippen LogP contribution is -2.14. The molecule has 0 spiro atoms. The van der Waals surface area contributed by atoms with Crippen LogP contribution in [0, 0.1) is 11.6 Å². The first-order chi connectivity index (χ1) is 10.1. The monoisotopic (exact) mass is 293 g/mol. The van der Waals surface area contributed by atoms with Gasteiger partial charge in [-0.1, -0.05) is 0 Å². The summed E-state index contributed by atoms with van der Waals surface area (Å²) in [7, 11) is 3.17. The summed E-state index contributed by atoms with van der Waals surface area (Å²) in [5.41, 5.74) is 1.17. The summed E-state index contributed by atoms with van der Waals surface area (Å²) in [4.78, 5) is 0. The van der Waals surface area contributed by atoms with Crippen LogP contribution in [0.5, 0.6) is 11.5 Å². The quantitative estimate of drug-likeness (QED) is 0.886. The molecule has 2 rings (SSSR count). The summed E-state index contributed by atoms with van der Waals surface area (Å²) in [6, 6.07) is 8.86. The predicted octanol–water partition coefficient (Wildman–Crippen LogP) is 3.27. The molecule has 0 aliphatic carbocycles. The number of ether oxygens (including phenoxy) is 2. The molecule has 0 aliphatic rings. The molecule has 0 saturated carbocycles. The topological polar surface area (TPSA) is 30.5 Å². The van der Waals surface area contributed by atoms with Gasteiger partial charge in [-0.2, -0.15) is 0 Å². The Hall–Kier alpha value is -2.14. The highest BCUT2D eigenvalue weighted by molar-refractivity contribution is 5.40. The predicted molar refractivity (Wildman–Crippen MR) is 76.4 cm³/mol. The molecule has 0 saturated heterocycles. The van der Waals surface area contributed by atoms with Crippen molar-refractivity contribution in [1.82, 2.24) is 5.32 Å². The second-order valence-electron chi connectivity index (χ2n) is 4.52. The number of hydrogen-bond acceptors (Lipinski definition) is 3. The van der Waals surface area contributed by atoms with E-state index in [1.807, 2.05) is 6.07 Å². The van der Waals surface area contributed by atoms with E-state index in [9.17, 15) is 8.78 Å². The number of benzene rings is 2. The number of methoxy groups -OCH3 is 2. The van der Waals surface area contributed by atoms with E-state index < -0.39 is 11.6 Å². The lowest BCUT2D eigenvalue weighted by atomic mass is 10.1. The van der Waals surface area contributed by atoms with Crippen LogP contribution in [0.4, 0.5) is 8.78 Å². The Kier molecular flexibility index (Phi) is 5.11. The molecular formula is C16H17F2NO2. The summed E-state index contributed by atoms with van der Waals surface area (Å²) < 4.78 is 37.0. The van der Waals surface area contributed by atoms with Crippen LogP contribution in [0.25, 0.3) is 0 Å². The first-order valence-corrected chi connectivity index (χ1v) is 6.49. The Bertz CT molecular complexity index is 617. The molecule has 0 atom stereocenters. The van der Waals surface area contributed by atoms with E-state index in [0.717, 1.165) is 17.7 Å². The minimum atomic E-state index is -0.452. The molecule has 21 heavy (non-hydrogen) atoms. The first kappa shape index (κ1) is 15.3. The fourth-order valence-corrected chi connectivity index (χ4v) is 2.03. The fraction of sp³-hybridized carbons (Fsp3) is 0.250. The van der Waals surface area contributed by atoms with Gasteiger partial charge in [0.05, 0.1) is 14.2 Å². The van der Waals surface area contributed by atoms with Gasteiger partial charge in [0, 0.05) is 24.2 Å². The van der Waals surface area contributed by atoms with Crippen LogP contribution in [-0.4, -0.2) is 14.2 Å². The van der Waals surface area contributed by atoms with Crippen LogP contribution in [0.3, 0.4) is 0 Å². The molecule has 2 aromatic carbocycles. The highest BCUT2D eigenvalue weighted by Gasteiger charge is 2.07. The van der Waals surface area contributed by atoms with Crippen LogP contribution in [0.15, 0.2) is 36.4 Å². The molecule has 0 unspecified atom stereocenters. The van der Waals surface area contributed by atoms with Crippen molar-refractivity contribution in [2.24, 2.45) is 0 Å². The Labute approximate surface area is 122 Å². The van der Waals surface area contributed by atoms with E-state index in [0.29, 0.717) is 18.0 Å². The highest BCUT2D eigenvalue weighted by Crippen LogP contribution is 2.23. The molecule has 0 aliphatic heterocycles. The van der Waals surface area contributed by atoms with E-state index in [-0.39, 0.29) is 12.1 Å². The van der Waals surface area contributed by atoms with Gasteiger partial charge >= 0.3 is 0 Å². The van der Waals surface area contributed by atoms with E-state index in [4.69, 9.17) is 9.47 Å². The number of rotatable bonds is 6. The zero-order valence-electron chi connectivity index (χ0n) is 12.0. The summed E-state index contributed by atoms with van der Waals surface area (Å²) >= 11 is 0. The van der Waals surface area contributed by atoms with E-state index in [1.165, 1.54) is 6.07 Å². The number of hydrogen-bond donors (Lipinski definition) is 1.